The number of rotatable bonds is 15. The highest BCUT2D eigenvalue weighted by atomic mass is 31.2. The van der Waals surface area contributed by atoms with Gasteiger partial charge < -0.3 is 14.4 Å². The van der Waals surface area contributed by atoms with Gasteiger partial charge in [-0.2, -0.15) is 0 Å². The van der Waals surface area contributed by atoms with Crippen molar-refractivity contribution in [2.45, 2.75) is 64.8 Å². The molecule has 0 saturated heterocycles. The molecule has 2 aromatic carbocycles. The van der Waals surface area contributed by atoms with Gasteiger partial charge >= 0.3 is 7.60 Å². The molecule has 0 bridgehead atoms. The molecule has 3 aromatic rings. The van der Waals surface area contributed by atoms with Crippen molar-refractivity contribution in [1.29, 1.82) is 0 Å². The number of aryl methyl sites for hydroxylation is 1. The molecule has 1 amide bonds. The molecule has 6 nitrogen and oxygen atoms in total. The van der Waals surface area contributed by atoms with Gasteiger partial charge in [0.2, 0.25) is 5.91 Å². The summed E-state index contributed by atoms with van der Waals surface area (Å²) in [5, 5.41) is 3.10. The number of pyridine rings is 1. The lowest BCUT2D eigenvalue weighted by Gasteiger charge is -2.20. The molecule has 4 rings (SSSR count). The van der Waals surface area contributed by atoms with E-state index in [1.54, 1.807) is 6.20 Å². The zero-order valence-corrected chi connectivity index (χ0v) is 23.4. The zero-order chi connectivity index (χ0) is 26.8. The molecule has 1 unspecified atom stereocenters. The number of amides is 1. The van der Waals surface area contributed by atoms with Crippen molar-refractivity contribution < 1.29 is 18.4 Å². The minimum atomic E-state index is -3.16. The Morgan fingerprint density at radius 1 is 0.895 bits per heavy atom. The molecule has 0 spiro atoms. The predicted molar refractivity (Wildman–Crippen MR) is 152 cm³/mol. The van der Waals surface area contributed by atoms with E-state index in [-0.39, 0.29) is 5.91 Å². The number of hydrogen-bond acceptors (Lipinski definition) is 5. The first kappa shape index (κ1) is 28.2. The standard InChI is InChI=1S/C31H39N2O4P/c1-3-5-20-36-38(35,37-21-6-4-2)22-12-14-24-13-11-18-27-26-16-7-8-17-28(26)30(29(24)27)31(34)33-23-25-15-9-10-19-32-25/h7-11,13,15-19,30H,3-6,12,14,20-23H2,1-2H3,(H,33,34). The van der Waals surface area contributed by atoms with Crippen LogP contribution in [0.4, 0.5) is 0 Å². The minimum absolute atomic E-state index is 0.0363. The summed E-state index contributed by atoms with van der Waals surface area (Å²) in [7, 11) is -3.16. The van der Waals surface area contributed by atoms with Crippen LogP contribution in [0.25, 0.3) is 11.1 Å². The molecule has 0 aliphatic heterocycles. The number of fused-ring (bicyclic) bond motifs is 3. The number of nitrogens with one attached hydrogen (secondary N) is 1. The quantitative estimate of drug-likeness (QED) is 0.164. The van der Waals surface area contributed by atoms with E-state index in [4.69, 9.17) is 9.05 Å². The van der Waals surface area contributed by atoms with Crippen LogP contribution in [-0.4, -0.2) is 30.3 Å². The Kier molecular flexibility index (Phi) is 10.3. The van der Waals surface area contributed by atoms with Crippen LogP contribution >= 0.6 is 7.60 Å². The van der Waals surface area contributed by atoms with Crippen LogP contribution in [0, 0.1) is 0 Å². The second-order valence-corrected chi connectivity index (χ2v) is 11.9. The summed E-state index contributed by atoms with van der Waals surface area (Å²) in [5.74, 6) is -0.430. The number of carbonyl (C=O) groups excluding carboxylic acids is 1. The maximum Gasteiger partial charge on any atom is 0.330 e. The van der Waals surface area contributed by atoms with Crippen LogP contribution in [-0.2, 0) is 31.4 Å². The van der Waals surface area contributed by atoms with Gasteiger partial charge in [-0.15, -0.1) is 0 Å². The highest BCUT2D eigenvalue weighted by molar-refractivity contribution is 7.53. The number of aromatic nitrogens is 1. The molecule has 0 radical (unpaired) electrons. The Labute approximate surface area is 226 Å². The van der Waals surface area contributed by atoms with Gasteiger partial charge in [0.1, 0.15) is 0 Å². The summed E-state index contributed by atoms with van der Waals surface area (Å²) in [6.07, 6.45) is 7.14. The van der Waals surface area contributed by atoms with Gasteiger partial charge in [0.25, 0.3) is 0 Å². The first-order valence-corrected chi connectivity index (χ1v) is 15.6. The van der Waals surface area contributed by atoms with E-state index >= 15 is 0 Å². The van der Waals surface area contributed by atoms with Crippen molar-refractivity contribution >= 4 is 13.5 Å². The Morgan fingerprint density at radius 3 is 2.32 bits per heavy atom. The molecule has 1 aromatic heterocycles. The second kappa shape index (κ2) is 13.8. The molecule has 1 atom stereocenters. The maximum absolute atomic E-state index is 13.6. The minimum Gasteiger partial charge on any atom is -0.350 e. The van der Waals surface area contributed by atoms with Crippen LogP contribution in [0.2, 0.25) is 0 Å². The van der Waals surface area contributed by atoms with Crippen molar-refractivity contribution in [2.24, 2.45) is 0 Å². The van der Waals surface area contributed by atoms with E-state index in [2.05, 4.69) is 42.3 Å². The lowest BCUT2D eigenvalue weighted by molar-refractivity contribution is -0.121. The Morgan fingerprint density at radius 2 is 1.61 bits per heavy atom. The monoisotopic (exact) mass is 534 g/mol. The molecular weight excluding hydrogens is 495 g/mol. The highest BCUT2D eigenvalue weighted by Gasteiger charge is 2.35. The normalized spacial score (nSPS) is 14.2. The van der Waals surface area contributed by atoms with Gasteiger partial charge in [-0.25, -0.2) is 0 Å². The SMILES string of the molecule is CCCCOP(=O)(CCCc1cccc2c1C(C(=O)NCc1ccccn1)c1ccccc1-2)OCCCC. The highest BCUT2D eigenvalue weighted by Crippen LogP contribution is 2.50. The molecule has 7 heteroatoms. The Bertz CT molecular complexity index is 1230. The third kappa shape index (κ3) is 6.99. The average molecular weight is 535 g/mol. The van der Waals surface area contributed by atoms with Crippen molar-refractivity contribution in [1.82, 2.24) is 10.3 Å². The van der Waals surface area contributed by atoms with Crippen LogP contribution in [0.5, 0.6) is 0 Å². The zero-order valence-electron chi connectivity index (χ0n) is 22.5. The summed E-state index contributed by atoms with van der Waals surface area (Å²) in [6.45, 7) is 5.46. The number of nitrogens with zero attached hydrogens (tertiary/aromatic N) is 1. The first-order chi connectivity index (χ1) is 18.6. The molecule has 38 heavy (non-hydrogen) atoms. The number of benzene rings is 2. The van der Waals surface area contributed by atoms with E-state index in [1.165, 1.54) is 0 Å². The summed E-state index contributed by atoms with van der Waals surface area (Å²) in [4.78, 5) is 17.9. The molecule has 1 aliphatic rings. The topological polar surface area (TPSA) is 77.5 Å². The smallest absolute Gasteiger partial charge is 0.330 e. The molecule has 1 N–H and O–H groups in total. The molecular formula is C31H39N2O4P. The van der Waals surface area contributed by atoms with Gasteiger partial charge in [-0.05, 0) is 65.6 Å². The van der Waals surface area contributed by atoms with Crippen LogP contribution < -0.4 is 5.32 Å². The Balaban J connectivity index is 1.52. The fraction of sp³-hybridized carbons (Fsp3) is 0.419. The van der Waals surface area contributed by atoms with Gasteiger partial charge in [-0.1, -0.05) is 75.2 Å². The van der Waals surface area contributed by atoms with Crippen molar-refractivity contribution in [2.75, 3.05) is 19.4 Å². The fourth-order valence-corrected chi connectivity index (χ4v) is 6.63. The van der Waals surface area contributed by atoms with Crippen molar-refractivity contribution in [3.05, 3.63) is 89.2 Å². The summed E-state index contributed by atoms with van der Waals surface area (Å²) < 4.78 is 25.0. The summed E-state index contributed by atoms with van der Waals surface area (Å²) in [5.41, 5.74) is 6.18. The lowest BCUT2D eigenvalue weighted by Crippen LogP contribution is -2.29. The number of carbonyl (C=O) groups is 1. The van der Waals surface area contributed by atoms with Crippen LogP contribution in [0.15, 0.2) is 66.9 Å². The molecule has 202 valence electrons. The van der Waals surface area contributed by atoms with Gasteiger partial charge in [0.15, 0.2) is 0 Å². The van der Waals surface area contributed by atoms with E-state index < -0.39 is 13.5 Å². The number of hydrogen-bond donors (Lipinski definition) is 1. The van der Waals surface area contributed by atoms with Crippen LogP contribution in [0.1, 0.15) is 74.3 Å². The average Bonchev–Trinajstić information content (AvgIpc) is 3.28. The first-order valence-electron chi connectivity index (χ1n) is 13.8. The third-order valence-corrected chi connectivity index (χ3v) is 8.94. The third-order valence-electron chi connectivity index (χ3n) is 6.93. The molecule has 0 fully saturated rings. The molecule has 0 saturated carbocycles. The summed E-state index contributed by atoms with van der Waals surface area (Å²) >= 11 is 0. The van der Waals surface area contributed by atoms with E-state index in [9.17, 15) is 9.36 Å². The Hall–Kier alpha value is -2.79. The number of unbranched alkanes of at least 4 members (excludes halogenated alkanes) is 2. The van der Waals surface area contributed by atoms with E-state index in [0.717, 1.165) is 59.2 Å². The van der Waals surface area contributed by atoms with E-state index in [0.29, 0.717) is 38.8 Å². The van der Waals surface area contributed by atoms with Crippen LogP contribution in [0.3, 0.4) is 0 Å². The summed E-state index contributed by atoms with van der Waals surface area (Å²) in [6, 6.07) is 20.1. The van der Waals surface area contributed by atoms with Crippen molar-refractivity contribution in [3.63, 3.8) is 0 Å². The largest absolute Gasteiger partial charge is 0.350 e. The molecule has 1 heterocycles. The van der Waals surface area contributed by atoms with Gasteiger partial charge in [-0.3, -0.25) is 14.3 Å². The predicted octanol–water partition coefficient (Wildman–Crippen LogP) is 7.27. The van der Waals surface area contributed by atoms with E-state index in [1.807, 2.05) is 42.5 Å². The molecule has 1 aliphatic carbocycles. The van der Waals surface area contributed by atoms with Crippen molar-refractivity contribution in [3.8, 4) is 11.1 Å². The van der Waals surface area contributed by atoms with Gasteiger partial charge in [0, 0.05) is 6.20 Å². The second-order valence-electron chi connectivity index (χ2n) is 9.75. The lowest BCUT2D eigenvalue weighted by atomic mass is 9.90. The maximum atomic E-state index is 13.6. The fourth-order valence-electron chi connectivity index (χ4n) is 4.94. The van der Waals surface area contributed by atoms with Gasteiger partial charge in [0.05, 0.1) is 37.5 Å².